The maximum Gasteiger partial charge on any atom is 0.573 e. The standard InChI is InChI=1S/C17H15F3N4O3/c1-2-13(22)16(25)24-11-4-6-15(23-9-11)26-12-5-3-10(8-21)14(7-12)27-17(18,19)20/h3-7,9,13H,2,22H2,1H3,(H,24,25). The van der Waals surface area contributed by atoms with E-state index < -0.39 is 18.2 Å². The molecule has 0 aliphatic heterocycles. The summed E-state index contributed by atoms with van der Waals surface area (Å²) in [7, 11) is 0. The molecule has 27 heavy (non-hydrogen) atoms. The number of nitrogens with two attached hydrogens (primary N) is 1. The van der Waals surface area contributed by atoms with Gasteiger partial charge < -0.3 is 20.5 Å². The quantitative estimate of drug-likeness (QED) is 0.795. The van der Waals surface area contributed by atoms with Gasteiger partial charge in [-0.1, -0.05) is 6.92 Å². The van der Waals surface area contributed by atoms with E-state index in [1.807, 2.05) is 0 Å². The molecule has 1 amide bonds. The fourth-order valence-electron chi connectivity index (χ4n) is 1.92. The zero-order valence-corrected chi connectivity index (χ0v) is 14.1. The summed E-state index contributed by atoms with van der Waals surface area (Å²) in [5.41, 5.74) is 5.70. The van der Waals surface area contributed by atoms with E-state index in [2.05, 4.69) is 15.0 Å². The number of hydrogen-bond donors (Lipinski definition) is 2. The van der Waals surface area contributed by atoms with Gasteiger partial charge in [0.2, 0.25) is 11.8 Å². The maximum atomic E-state index is 12.4. The zero-order chi connectivity index (χ0) is 20.0. The van der Waals surface area contributed by atoms with Crippen LogP contribution in [0.4, 0.5) is 18.9 Å². The minimum atomic E-state index is -4.94. The van der Waals surface area contributed by atoms with E-state index in [4.69, 9.17) is 15.7 Å². The van der Waals surface area contributed by atoms with Crippen molar-refractivity contribution >= 4 is 11.6 Å². The first-order valence-electron chi connectivity index (χ1n) is 7.72. The summed E-state index contributed by atoms with van der Waals surface area (Å²) < 4.78 is 46.4. The molecule has 0 aliphatic rings. The van der Waals surface area contributed by atoms with Gasteiger partial charge in [-0.25, -0.2) is 4.98 Å². The lowest BCUT2D eigenvalue weighted by Gasteiger charge is -2.12. The highest BCUT2D eigenvalue weighted by molar-refractivity contribution is 5.94. The molecule has 1 aromatic carbocycles. The van der Waals surface area contributed by atoms with Crippen LogP contribution in [0.1, 0.15) is 18.9 Å². The number of carbonyl (C=O) groups excluding carboxylic acids is 1. The number of anilines is 1. The normalized spacial score (nSPS) is 12.0. The molecule has 0 fully saturated rings. The Kier molecular flexibility index (Phi) is 6.20. The fraction of sp³-hybridized carbons (Fsp3) is 0.235. The van der Waals surface area contributed by atoms with Crippen molar-refractivity contribution in [2.75, 3.05) is 5.32 Å². The predicted octanol–water partition coefficient (Wildman–Crippen LogP) is 3.32. The number of halogens is 3. The minimum absolute atomic E-state index is 0.00876. The van der Waals surface area contributed by atoms with Crippen LogP contribution >= 0.6 is 0 Å². The van der Waals surface area contributed by atoms with Crippen molar-refractivity contribution in [3.05, 3.63) is 42.1 Å². The van der Waals surface area contributed by atoms with Crippen LogP contribution < -0.4 is 20.5 Å². The Labute approximate surface area is 152 Å². The second-order valence-electron chi connectivity index (χ2n) is 5.31. The zero-order valence-electron chi connectivity index (χ0n) is 14.1. The van der Waals surface area contributed by atoms with Gasteiger partial charge in [-0.2, -0.15) is 5.26 Å². The van der Waals surface area contributed by atoms with Crippen molar-refractivity contribution < 1.29 is 27.4 Å². The van der Waals surface area contributed by atoms with E-state index in [1.54, 1.807) is 13.0 Å². The molecular formula is C17H15F3N4O3. The molecule has 0 spiro atoms. The van der Waals surface area contributed by atoms with Crippen molar-refractivity contribution in [3.8, 4) is 23.4 Å². The van der Waals surface area contributed by atoms with Crippen molar-refractivity contribution in [2.45, 2.75) is 25.7 Å². The molecule has 3 N–H and O–H groups in total. The summed E-state index contributed by atoms with van der Waals surface area (Å²) in [5, 5.41) is 11.4. The van der Waals surface area contributed by atoms with Gasteiger partial charge in [0.15, 0.2) is 5.75 Å². The molecule has 2 aromatic rings. The van der Waals surface area contributed by atoms with Crippen LogP contribution in [-0.2, 0) is 4.79 Å². The molecule has 0 saturated heterocycles. The number of hydrogen-bond acceptors (Lipinski definition) is 6. The Morgan fingerprint density at radius 2 is 2.11 bits per heavy atom. The molecular weight excluding hydrogens is 365 g/mol. The van der Waals surface area contributed by atoms with Gasteiger partial charge in [-0.05, 0) is 24.6 Å². The van der Waals surface area contributed by atoms with Gasteiger partial charge in [0, 0.05) is 12.1 Å². The molecule has 10 heteroatoms. The van der Waals surface area contributed by atoms with Crippen LogP contribution in [0.3, 0.4) is 0 Å². The van der Waals surface area contributed by atoms with E-state index in [9.17, 15) is 18.0 Å². The van der Waals surface area contributed by atoms with Gasteiger partial charge in [0.05, 0.1) is 23.5 Å². The van der Waals surface area contributed by atoms with E-state index in [0.29, 0.717) is 12.1 Å². The molecule has 0 saturated carbocycles. The lowest BCUT2D eigenvalue weighted by atomic mass is 10.2. The van der Waals surface area contributed by atoms with E-state index in [0.717, 1.165) is 12.1 Å². The van der Waals surface area contributed by atoms with Crippen LogP contribution in [0.15, 0.2) is 36.5 Å². The van der Waals surface area contributed by atoms with Crippen LogP contribution in [0.2, 0.25) is 0 Å². The SMILES string of the molecule is CCC(N)C(=O)Nc1ccc(Oc2ccc(C#N)c(OC(F)(F)F)c2)nc1. The highest BCUT2D eigenvalue weighted by Crippen LogP contribution is 2.31. The second-order valence-corrected chi connectivity index (χ2v) is 5.31. The van der Waals surface area contributed by atoms with Crippen molar-refractivity contribution in [2.24, 2.45) is 5.73 Å². The third-order valence-corrected chi connectivity index (χ3v) is 3.30. The Bertz CT molecular complexity index is 848. The molecule has 0 radical (unpaired) electrons. The largest absolute Gasteiger partial charge is 0.573 e. The second kappa shape index (κ2) is 8.37. The lowest BCUT2D eigenvalue weighted by Crippen LogP contribution is -2.34. The average molecular weight is 380 g/mol. The molecule has 1 atom stereocenters. The highest BCUT2D eigenvalue weighted by atomic mass is 19.4. The number of benzene rings is 1. The summed E-state index contributed by atoms with van der Waals surface area (Å²) in [6, 6.07) is 7.24. The van der Waals surface area contributed by atoms with Gasteiger partial charge in [0.25, 0.3) is 0 Å². The summed E-state index contributed by atoms with van der Waals surface area (Å²) in [4.78, 5) is 15.7. The first-order valence-corrected chi connectivity index (χ1v) is 7.72. The van der Waals surface area contributed by atoms with Gasteiger partial charge in [-0.3, -0.25) is 4.79 Å². The Balaban J connectivity index is 2.12. The highest BCUT2D eigenvalue weighted by Gasteiger charge is 2.32. The number of nitriles is 1. The Morgan fingerprint density at radius 1 is 1.37 bits per heavy atom. The molecule has 142 valence electrons. The monoisotopic (exact) mass is 380 g/mol. The van der Waals surface area contributed by atoms with Gasteiger partial charge in [-0.15, -0.1) is 13.2 Å². The van der Waals surface area contributed by atoms with Gasteiger partial charge >= 0.3 is 6.36 Å². The maximum absolute atomic E-state index is 12.4. The number of aromatic nitrogens is 1. The number of ether oxygens (including phenoxy) is 2. The molecule has 1 heterocycles. The smallest absolute Gasteiger partial charge is 0.439 e. The van der Waals surface area contributed by atoms with Crippen LogP contribution in [-0.4, -0.2) is 23.3 Å². The minimum Gasteiger partial charge on any atom is -0.439 e. The number of pyridine rings is 1. The van der Waals surface area contributed by atoms with Crippen LogP contribution in [0, 0.1) is 11.3 Å². The molecule has 0 bridgehead atoms. The Morgan fingerprint density at radius 3 is 2.67 bits per heavy atom. The number of nitrogens with one attached hydrogen (secondary N) is 1. The van der Waals surface area contributed by atoms with Crippen LogP contribution in [0.5, 0.6) is 17.4 Å². The third-order valence-electron chi connectivity index (χ3n) is 3.30. The molecule has 7 nitrogen and oxygen atoms in total. The number of nitrogens with zero attached hydrogens (tertiary/aromatic N) is 2. The third kappa shape index (κ3) is 5.86. The van der Waals surface area contributed by atoms with E-state index >= 15 is 0 Å². The first kappa shape index (κ1) is 20.0. The van der Waals surface area contributed by atoms with Crippen molar-refractivity contribution in [1.82, 2.24) is 4.98 Å². The van der Waals surface area contributed by atoms with Crippen LogP contribution in [0.25, 0.3) is 0 Å². The number of carbonyl (C=O) groups is 1. The number of amides is 1. The van der Waals surface area contributed by atoms with Crippen molar-refractivity contribution in [1.29, 1.82) is 5.26 Å². The van der Waals surface area contributed by atoms with E-state index in [1.165, 1.54) is 24.4 Å². The number of alkyl halides is 3. The average Bonchev–Trinajstić information content (AvgIpc) is 2.61. The number of rotatable bonds is 6. The summed E-state index contributed by atoms with van der Waals surface area (Å²) in [6.07, 6.45) is -3.16. The summed E-state index contributed by atoms with van der Waals surface area (Å²) in [6.45, 7) is 1.77. The predicted molar refractivity (Wildman–Crippen MR) is 89.0 cm³/mol. The Hall–Kier alpha value is -3.32. The first-order chi connectivity index (χ1) is 12.7. The molecule has 1 unspecified atom stereocenters. The lowest BCUT2D eigenvalue weighted by molar-refractivity contribution is -0.274. The van der Waals surface area contributed by atoms with Crippen molar-refractivity contribution in [3.63, 3.8) is 0 Å². The van der Waals surface area contributed by atoms with E-state index in [-0.39, 0.29) is 23.1 Å². The van der Waals surface area contributed by atoms with Gasteiger partial charge in [0.1, 0.15) is 11.8 Å². The molecule has 1 aromatic heterocycles. The fourth-order valence-corrected chi connectivity index (χ4v) is 1.92. The molecule has 0 aliphatic carbocycles. The molecule has 2 rings (SSSR count). The topological polar surface area (TPSA) is 110 Å². The summed E-state index contributed by atoms with van der Waals surface area (Å²) in [5.74, 6) is -0.991. The summed E-state index contributed by atoms with van der Waals surface area (Å²) >= 11 is 0.